The van der Waals surface area contributed by atoms with Crippen LogP contribution in [-0.2, 0) is 7.05 Å². The summed E-state index contributed by atoms with van der Waals surface area (Å²) in [7, 11) is 1.91. The zero-order chi connectivity index (χ0) is 11.8. The van der Waals surface area contributed by atoms with Gasteiger partial charge >= 0.3 is 5.63 Å². The van der Waals surface area contributed by atoms with Gasteiger partial charge in [0.1, 0.15) is 5.58 Å². The monoisotopic (exact) mass is 225 g/mol. The Morgan fingerprint density at radius 2 is 1.94 bits per heavy atom. The summed E-state index contributed by atoms with van der Waals surface area (Å²) in [5, 5.41) is 0.934. The van der Waals surface area contributed by atoms with Crippen LogP contribution >= 0.6 is 0 Å². The Hall–Kier alpha value is -2.29. The van der Waals surface area contributed by atoms with E-state index in [0.29, 0.717) is 11.1 Å². The molecule has 3 rings (SSSR count). The highest BCUT2D eigenvalue weighted by Gasteiger charge is 2.09. The maximum absolute atomic E-state index is 11.9. The fourth-order valence-corrected chi connectivity index (χ4v) is 1.98. The van der Waals surface area contributed by atoms with Gasteiger partial charge in [-0.1, -0.05) is 18.2 Å². The van der Waals surface area contributed by atoms with Gasteiger partial charge in [-0.15, -0.1) is 0 Å². The van der Waals surface area contributed by atoms with Crippen LogP contribution in [0, 0.1) is 0 Å². The standard InChI is InChI=1S/C14H11NO2/c1-15-8-4-6-12(15)11-9-10-5-2-3-7-13(10)17-14(11)16/h2-9H,1H3. The highest BCUT2D eigenvalue weighted by Crippen LogP contribution is 2.20. The van der Waals surface area contributed by atoms with Gasteiger partial charge in [-0.25, -0.2) is 4.79 Å². The molecule has 0 aliphatic heterocycles. The number of hydrogen-bond donors (Lipinski definition) is 0. The summed E-state index contributed by atoms with van der Waals surface area (Å²) in [5.41, 5.74) is 1.78. The zero-order valence-corrected chi connectivity index (χ0v) is 9.38. The van der Waals surface area contributed by atoms with Crippen molar-refractivity contribution in [2.75, 3.05) is 0 Å². The summed E-state index contributed by atoms with van der Waals surface area (Å²) < 4.78 is 7.21. The molecule has 0 N–H and O–H groups in total. The molecule has 0 spiro atoms. The normalized spacial score (nSPS) is 10.9. The van der Waals surface area contributed by atoms with Crippen molar-refractivity contribution in [1.29, 1.82) is 0 Å². The third-order valence-electron chi connectivity index (χ3n) is 2.86. The van der Waals surface area contributed by atoms with Gasteiger partial charge in [0, 0.05) is 18.6 Å². The zero-order valence-electron chi connectivity index (χ0n) is 9.38. The third kappa shape index (κ3) is 1.56. The van der Waals surface area contributed by atoms with Crippen molar-refractivity contribution < 1.29 is 4.42 Å². The van der Waals surface area contributed by atoms with Gasteiger partial charge in [0.2, 0.25) is 0 Å². The Balaban J connectivity index is 2.34. The van der Waals surface area contributed by atoms with E-state index in [1.807, 2.05) is 54.2 Å². The van der Waals surface area contributed by atoms with E-state index in [4.69, 9.17) is 4.42 Å². The Morgan fingerprint density at radius 1 is 1.12 bits per heavy atom. The number of nitrogens with zero attached hydrogens (tertiary/aromatic N) is 1. The second-order valence-electron chi connectivity index (χ2n) is 3.99. The average Bonchev–Trinajstić information content (AvgIpc) is 2.74. The maximum Gasteiger partial charge on any atom is 0.345 e. The number of aryl methyl sites for hydroxylation is 1. The van der Waals surface area contributed by atoms with E-state index in [1.54, 1.807) is 6.07 Å². The number of fused-ring (bicyclic) bond motifs is 1. The summed E-state index contributed by atoms with van der Waals surface area (Å²) in [4.78, 5) is 11.9. The SMILES string of the molecule is Cn1cccc1-c1cc2ccccc2oc1=O. The van der Waals surface area contributed by atoms with Crippen LogP contribution in [0.15, 0.2) is 57.9 Å². The second-order valence-corrected chi connectivity index (χ2v) is 3.99. The van der Waals surface area contributed by atoms with Gasteiger partial charge in [0.25, 0.3) is 0 Å². The van der Waals surface area contributed by atoms with Gasteiger partial charge < -0.3 is 8.98 Å². The molecule has 3 heteroatoms. The maximum atomic E-state index is 11.9. The molecule has 0 bridgehead atoms. The van der Waals surface area contributed by atoms with Crippen LogP contribution in [0.1, 0.15) is 0 Å². The van der Waals surface area contributed by atoms with Gasteiger partial charge in [-0.3, -0.25) is 0 Å². The topological polar surface area (TPSA) is 35.1 Å². The minimum absolute atomic E-state index is 0.300. The first kappa shape index (κ1) is 9.90. The average molecular weight is 225 g/mol. The van der Waals surface area contributed by atoms with Crippen molar-refractivity contribution in [1.82, 2.24) is 4.57 Å². The Morgan fingerprint density at radius 3 is 2.71 bits per heavy atom. The van der Waals surface area contributed by atoms with Gasteiger partial charge in [-0.2, -0.15) is 0 Å². The van der Waals surface area contributed by atoms with Gasteiger partial charge in [0.15, 0.2) is 0 Å². The molecule has 3 nitrogen and oxygen atoms in total. The number of para-hydroxylation sites is 1. The molecule has 0 fully saturated rings. The number of rotatable bonds is 1. The molecule has 84 valence electrons. The minimum atomic E-state index is -0.300. The quantitative estimate of drug-likeness (QED) is 0.597. The van der Waals surface area contributed by atoms with Crippen LogP contribution in [0.3, 0.4) is 0 Å². The summed E-state index contributed by atoms with van der Waals surface area (Å²) in [6, 6.07) is 13.2. The molecule has 0 atom stereocenters. The van der Waals surface area contributed by atoms with Crippen molar-refractivity contribution in [2.45, 2.75) is 0 Å². The van der Waals surface area contributed by atoms with Crippen LogP contribution < -0.4 is 5.63 Å². The first-order chi connectivity index (χ1) is 8.25. The lowest BCUT2D eigenvalue weighted by molar-refractivity contribution is 0.562. The van der Waals surface area contributed by atoms with E-state index in [-0.39, 0.29) is 5.63 Å². The molecule has 0 aliphatic carbocycles. The highest BCUT2D eigenvalue weighted by atomic mass is 16.4. The summed E-state index contributed by atoms with van der Waals surface area (Å²) in [5.74, 6) is 0. The molecule has 0 saturated carbocycles. The molecule has 0 saturated heterocycles. The molecule has 2 heterocycles. The fourth-order valence-electron chi connectivity index (χ4n) is 1.98. The minimum Gasteiger partial charge on any atom is -0.422 e. The Labute approximate surface area is 97.9 Å². The molecule has 1 aromatic carbocycles. The molecular weight excluding hydrogens is 214 g/mol. The molecule has 0 amide bonds. The predicted molar refractivity (Wildman–Crippen MR) is 66.9 cm³/mol. The van der Waals surface area contributed by atoms with E-state index < -0.39 is 0 Å². The van der Waals surface area contributed by atoms with E-state index in [1.165, 1.54) is 0 Å². The first-order valence-electron chi connectivity index (χ1n) is 5.40. The van der Waals surface area contributed by atoms with Crippen molar-refractivity contribution in [3.8, 4) is 11.3 Å². The largest absolute Gasteiger partial charge is 0.422 e. The van der Waals surface area contributed by atoms with Crippen LogP contribution in [0.2, 0.25) is 0 Å². The Kier molecular flexibility index (Phi) is 2.11. The first-order valence-corrected chi connectivity index (χ1v) is 5.40. The molecule has 3 aromatic rings. The highest BCUT2D eigenvalue weighted by molar-refractivity contribution is 5.80. The molecular formula is C14H11NO2. The van der Waals surface area contributed by atoms with E-state index in [9.17, 15) is 4.79 Å². The van der Waals surface area contributed by atoms with Gasteiger partial charge in [0.05, 0.1) is 11.3 Å². The number of aromatic nitrogens is 1. The summed E-state index contributed by atoms with van der Waals surface area (Å²) in [6.07, 6.45) is 1.91. The lowest BCUT2D eigenvalue weighted by atomic mass is 10.1. The number of hydrogen-bond acceptors (Lipinski definition) is 2. The number of benzene rings is 1. The van der Waals surface area contributed by atoms with E-state index >= 15 is 0 Å². The van der Waals surface area contributed by atoms with Gasteiger partial charge in [-0.05, 0) is 24.3 Å². The molecule has 17 heavy (non-hydrogen) atoms. The second kappa shape index (κ2) is 3.63. The summed E-state index contributed by atoms with van der Waals surface area (Å²) >= 11 is 0. The van der Waals surface area contributed by atoms with Crippen LogP contribution in [0.5, 0.6) is 0 Å². The third-order valence-corrected chi connectivity index (χ3v) is 2.86. The van der Waals surface area contributed by atoms with Crippen LogP contribution in [0.4, 0.5) is 0 Å². The van der Waals surface area contributed by atoms with E-state index in [0.717, 1.165) is 11.1 Å². The lowest BCUT2D eigenvalue weighted by Crippen LogP contribution is -2.05. The van der Waals surface area contributed by atoms with Crippen LogP contribution in [-0.4, -0.2) is 4.57 Å². The molecule has 2 aromatic heterocycles. The van der Waals surface area contributed by atoms with Crippen molar-refractivity contribution in [2.24, 2.45) is 7.05 Å². The molecule has 0 radical (unpaired) electrons. The Bertz CT molecular complexity index is 737. The van der Waals surface area contributed by atoms with Crippen molar-refractivity contribution in [3.05, 3.63) is 59.1 Å². The molecule has 0 aliphatic rings. The molecule has 0 unspecified atom stereocenters. The summed E-state index contributed by atoms with van der Waals surface area (Å²) in [6.45, 7) is 0. The smallest absolute Gasteiger partial charge is 0.345 e. The van der Waals surface area contributed by atoms with Crippen LogP contribution in [0.25, 0.3) is 22.2 Å². The van der Waals surface area contributed by atoms with E-state index in [2.05, 4.69) is 0 Å². The van der Waals surface area contributed by atoms with Crippen molar-refractivity contribution >= 4 is 11.0 Å². The van der Waals surface area contributed by atoms with Crippen molar-refractivity contribution in [3.63, 3.8) is 0 Å². The fraction of sp³-hybridized carbons (Fsp3) is 0.0714. The lowest BCUT2D eigenvalue weighted by Gasteiger charge is -2.03. The predicted octanol–water partition coefficient (Wildman–Crippen LogP) is 2.80.